The summed E-state index contributed by atoms with van der Waals surface area (Å²) in [5.41, 5.74) is 0. The number of aromatic nitrogens is 2. The van der Waals surface area contributed by atoms with Crippen LogP contribution in [-0.2, 0) is 0 Å². The third-order valence-corrected chi connectivity index (χ3v) is 2.81. The van der Waals surface area contributed by atoms with Gasteiger partial charge in [0, 0.05) is 58.7 Å². The van der Waals surface area contributed by atoms with E-state index in [2.05, 4.69) is 32.1 Å². The molecule has 0 aromatic carbocycles. The van der Waals surface area contributed by atoms with E-state index in [1.807, 2.05) is 6.20 Å². The molecule has 2 rings (SSSR count). The van der Waals surface area contributed by atoms with E-state index in [1.54, 1.807) is 6.20 Å². The standard InChI is InChI=1S/C10H19N5/c1-14(10-12-2-3-13-10)8-9-15-6-4-11-5-7-15/h2-3,11H,4-9H2,1H3,(H,12,13). The minimum Gasteiger partial charge on any atom is -0.344 e. The maximum absolute atomic E-state index is 4.22. The van der Waals surface area contributed by atoms with E-state index in [0.717, 1.165) is 45.2 Å². The first-order valence-electron chi connectivity index (χ1n) is 5.50. The number of likely N-dealkylation sites (N-methyl/N-ethyl adjacent to an activating group) is 1. The zero-order valence-corrected chi connectivity index (χ0v) is 9.24. The summed E-state index contributed by atoms with van der Waals surface area (Å²) < 4.78 is 0. The summed E-state index contributed by atoms with van der Waals surface area (Å²) in [6.07, 6.45) is 3.65. The van der Waals surface area contributed by atoms with Gasteiger partial charge in [-0.3, -0.25) is 4.90 Å². The Labute approximate surface area is 90.5 Å². The van der Waals surface area contributed by atoms with Crippen molar-refractivity contribution < 1.29 is 0 Å². The molecule has 0 bridgehead atoms. The summed E-state index contributed by atoms with van der Waals surface area (Å²) in [4.78, 5) is 12.0. The number of anilines is 1. The van der Waals surface area contributed by atoms with Crippen molar-refractivity contribution in [3.8, 4) is 0 Å². The van der Waals surface area contributed by atoms with Gasteiger partial charge in [-0.25, -0.2) is 4.98 Å². The van der Waals surface area contributed by atoms with E-state index in [9.17, 15) is 0 Å². The Morgan fingerprint density at radius 2 is 2.27 bits per heavy atom. The third-order valence-electron chi connectivity index (χ3n) is 2.81. The fourth-order valence-corrected chi connectivity index (χ4v) is 1.80. The predicted molar refractivity (Wildman–Crippen MR) is 61.2 cm³/mol. The molecule has 1 aromatic heterocycles. The summed E-state index contributed by atoms with van der Waals surface area (Å²) in [5, 5.41) is 3.36. The molecule has 84 valence electrons. The largest absolute Gasteiger partial charge is 0.344 e. The lowest BCUT2D eigenvalue weighted by Gasteiger charge is -2.28. The van der Waals surface area contributed by atoms with Gasteiger partial charge in [0.05, 0.1) is 0 Å². The lowest BCUT2D eigenvalue weighted by Crippen LogP contribution is -2.46. The van der Waals surface area contributed by atoms with Crippen molar-refractivity contribution in [3.05, 3.63) is 12.4 Å². The van der Waals surface area contributed by atoms with Gasteiger partial charge in [-0.15, -0.1) is 0 Å². The number of rotatable bonds is 4. The molecule has 5 heteroatoms. The second-order valence-electron chi connectivity index (χ2n) is 3.93. The lowest BCUT2D eigenvalue weighted by atomic mass is 10.3. The van der Waals surface area contributed by atoms with Gasteiger partial charge in [-0.1, -0.05) is 0 Å². The van der Waals surface area contributed by atoms with Gasteiger partial charge < -0.3 is 15.2 Å². The minimum atomic E-state index is 0.949. The first-order chi connectivity index (χ1) is 7.36. The molecular formula is C10H19N5. The van der Waals surface area contributed by atoms with Crippen molar-refractivity contribution >= 4 is 5.95 Å². The van der Waals surface area contributed by atoms with Crippen LogP contribution in [0.15, 0.2) is 12.4 Å². The molecule has 1 fully saturated rings. The van der Waals surface area contributed by atoms with Crippen LogP contribution in [0.25, 0.3) is 0 Å². The number of piperazine rings is 1. The van der Waals surface area contributed by atoms with Crippen molar-refractivity contribution in [1.82, 2.24) is 20.2 Å². The summed E-state index contributed by atoms with van der Waals surface area (Å²) in [7, 11) is 2.07. The Bertz CT molecular complexity index is 265. The van der Waals surface area contributed by atoms with E-state index in [1.165, 1.54) is 0 Å². The van der Waals surface area contributed by atoms with Crippen molar-refractivity contribution in [2.24, 2.45) is 0 Å². The van der Waals surface area contributed by atoms with Crippen LogP contribution in [0.1, 0.15) is 0 Å². The van der Waals surface area contributed by atoms with Crippen molar-refractivity contribution in [2.75, 3.05) is 51.2 Å². The topological polar surface area (TPSA) is 47.2 Å². The Morgan fingerprint density at radius 3 is 2.93 bits per heavy atom. The molecule has 1 aliphatic rings. The quantitative estimate of drug-likeness (QED) is 0.718. The van der Waals surface area contributed by atoms with Crippen LogP contribution >= 0.6 is 0 Å². The van der Waals surface area contributed by atoms with Gasteiger partial charge in [0.2, 0.25) is 5.95 Å². The number of imidazole rings is 1. The molecular weight excluding hydrogens is 190 g/mol. The van der Waals surface area contributed by atoms with E-state index in [-0.39, 0.29) is 0 Å². The molecule has 0 amide bonds. The first-order valence-corrected chi connectivity index (χ1v) is 5.50. The summed E-state index contributed by atoms with van der Waals surface area (Å²) in [6.45, 7) is 6.68. The van der Waals surface area contributed by atoms with Crippen molar-refractivity contribution in [3.63, 3.8) is 0 Å². The predicted octanol–water partition coefficient (Wildman–Crippen LogP) is -0.249. The average molecular weight is 209 g/mol. The van der Waals surface area contributed by atoms with Crippen LogP contribution in [0.2, 0.25) is 0 Å². The zero-order valence-electron chi connectivity index (χ0n) is 9.24. The number of aromatic amines is 1. The highest BCUT2D eigenvalue weighted by Crippen LogP contribution is 2.02. The average Bonchev–Trinajstić information content (AvgIpc) is 2.81. The van der Waals surface area contributed by atoms with Gasteiger partial charge in [0.1, 0.15) is 0 Å². The van der Waals surface area contributed by atoms with Crippen LogP contribution in [0.3, 0.4) is 0 Å². The summed E-state index contributed by atoms with van der Waals surface area (Å²) >= 11 is 0. The fraction of sp³-hybridized carbons (Fsp3) is 0.700. The number of hydrogen-bond acceptors (Lipinski definition) is 4. The van der Waals surface area contributed by atoms with Gasteiger partial charge in [-0.05, 0) is 0 Å². The monoisotopic (exact) mass is 209 g/mol. The van der Waals surface area contributed by atoms with Crippen LogP contribution in [0.5, 0.6) is 0 Å². The number of nitrogens with one attached hydrogen (secondary N) is 2. The number of nitrogens with zero attached hydrogens (tertiary/aromatic N) is 3. The summed E-state index contributed by atoms with van der Waals surface area (Å²) in [6, 6.07) is 0. The van der Waals surface area contributed by atoms with Gasteiger partial charge >= 0.3 is 0 Å². The van der Waals surface area contributed by atoms with Crippen molar-refractivity contribution in [1.29, 1.82) is 0 Å². The van der Waals surface area contributed by atoms with Crippen molar-refractivity contribution in [2.45, 2.75) is 0 Å². The van der Waals surface area contributed by atoms with Crippen LogP contribution in [-0.4, -0.2) is 61.2 Å². The van der Waals surface area contributed by atoms with Gasteiger partial charge in [0.15, 0.2) is 0 Å². The molecule has 1 aromatic rings. The normalized spacial score (nSPS) is 17.9. The maximum Gasteiger partial charge on any atom is 0.202 e. The molecule has 0 spiro atoms. The Kier molecular flexibility index (Phi) is 3.58. The Morgan fingerprint density at radius 1 is 1.47 bits per heavy atom. The number of hydrogen-bond donors (Lipinski definition) is 2. The number of H-pyrrole nitrogens is 1. The fourth-order valence-electron chi connectivity index (χ4n) is 1.80. The second kappa shape index (κ2) is 5.14. The van der Waals surface area contributed by atoms with E-state index in [0.29, 0.717) is 0 Å². The first kappa shape index (κ1) is 10.4. The molecule has 0 atom stereocenters. The highest BCUT2D eigenvalue weighted by molar-refractivity contribution is 5.26. The summed E-state index contributed by atoms with van der Waals surface area (Å²) in [5.74, 6) is 0.949. The highest BCUT2D eigenvalue weighted by atomic mass is 15.3. The SMILES string of the molecule is CN(CCN1CCNCC1)c1ncc[nH]1. The Hall–Kier alpha value is -1.07. The smallest absolute Gasteiger partial charge is 0.202 e. The maximum atomic E-state index is 4.22. The molecule has 0 aliphatic carbocycles. The van der Waals surface area contributed by atoms with E-state index < -0.39 is 0 Å². The molecule has 0 unspecified atom stereocenters. The Balaban J connectivity index is 1.73. The molecule has 1 saturated heterocycles. The van der Waals surface area contributed by atoms with E-state index in [4.69, 9.17) is 0 Å². The minimum absolute atomic E-state index is 0.949. The van der Waals surface area contributed by atoms with Crippen LogP contribution in [0.4, 0.5) is 5.95 Å². The lowest BCUT2D eigenvalue weighted by molar-refractivity contribution is 0.246. The molecule has 0 radical (unpaired) electrons. The molecule has 2 heterocycles. The second-order valence-corrected chi connectivity index (χ2v) is 3.93. The molecule has 2 N–H and O–H groups in total. The van der Waals surface area contributed by atoms with E-state index >= 15 is 0 Å². The zero-order chi connectivity index (χ0) is 10.5. The van der Waals surface area contributed by atoms with Gasteiger partial charge in [-0.2, -0.15) is 0 Å². The van der Waals surface area contributed by atoms with Crippen LogP contribution in [0, 0.1) is 0 Å². The molecule has 1 aliphatic heterocycles. The van der Waals surface area contributed by atoms with Crippen LogP contribution < -0.4 is 10.2 Å². The third kappa shape index (κ3) is 2.94. The van der Waals surface area contributed by atoms with Gasteiger partial charge in [0.25, 0.3) is 0 Å². The molecule has 0 saturated carbocycles. The molecule has 5 nitrogen and oxygen atoms in total. The highest BCUT2D eigenvalue weighted by Gasteiger charge is 2.10. The molecule has 15 heavy (non-hydrogen) atoms.